The van der Waals surface area contributed by atoms with Crippen molar-refractivity contribution in [1.82, 2.24) is 4.90 Å². The van der Waals surface area contributed by atoms with Crippen LogP contribution in [0.3, 0.4) is 0 Å². The number of benzene rings is 3. The standard InChI is InChI=1S/C32H33Cl2FN2O4S/c1-3-8-29-32(38)37(25(4-2)20-36(42(39,40)26-17-18-26)28-12-6-5-11-27(28)35)30(21-13-15-23(33)16-14-21)31(41-29)22-9-7-10-24(34)19-22/h3,5-7,9-16,19,25-26,29-31H,1,4,8,17-18,20H2,2H3/t25-,29+,30-,31-/m1/s1. The highest BCUT2D eigenvalue weighted by atomic mass is 35.5. The Morgan fingerprint density at radius 1 is 1.05 bits per heavy atom. The Hall–Kier alpha value is -2.91. The highest BCUT2D eigenvalue weighted by Gasteiger charge is 2.48. The summed E-state index contributed by atoms with van der Waals surface area (Å²) in [5, 5.41) is 0.475. The van der Waals surface area contributed by atoms with Gasteiger partial charge in [-0.1, -0.05) is 72.6 Å². The van der Waals surface area contributed by atoms with Crippen molar-refractivity contribution in [2.75, 3.05) is 10.8 Å². The average Bonchev–Trinajstić information content (AvgIpc) is 3.83. The molecule has 1 aliphatic heterocycles. The fraction of sp³-hybridized carbons (Fsp3) is 0.344. The van der Waals surface area contributed by atoms with E-state index in [0.29, 0.717) is 29.3 Å². The maximum atomic E-state index is 15.1. The van der Waals surface area contributed by atoms with Crippen molar-refractivity contribution in [3.05, 3.63) is 112 Å². The topological polar surface area (TPSA) is 66.9 Å². The lowest BCUT2D eigenvalue weighted by atomic mass is 9.89. The molecule has 4 atom stereocenters. The second-order valence-corrected chi connectivity index (χ2v) is 13.7. The van der Waals surface area contributed by atoms with Crippen LogP contribution in [0.1, 0.15) is 55.9 Å². The largest absolute Gasteiger partial charge is 0.358 e. The molecule has 0 aromatic heterocycles. The number of morpholine rings is 1. The van der Waals surface area contributed by atoms with Crippen LogP contribution in [-0.2, 0) is 19.6 Å². The number of sulfonamides is 1. The lowest BCUT2D eigenvalue weighted by Gasteiger charge is -2.49. The highest BCUT2D eigenvalue weighted by Crippen LogP contribution is 2.45. The molecule has 1 heterocycles. The molecule has 0 bridgehead atoms. The zero-order valence-corrected chi connectivity index (χ0v) is 25.5. The highest BCUT2D eigenvalue weighted by molar-refractivity contribution is 7.93. The van der Waals surface area contributed by atoms with E-state index in [2.05, 4.69) is 6.58 Å². The fourth-order valence-corrected chi connectivity index (χ4v) is 7.78. The van der Waals surface area contributed by atoms with Gasteiger partial charge in [0, 0.05) is 16.5 Å². The Labute approximate surface area is 256 Å². The molecule has 1 aliphatic carbocycles. The number of hydrogen-bond acceptors (Lipinski definition) is 4. The SMILES string of the molecule is C=CC[C@@H]1O[C@H](c2cccc(Cl)c2)[C@@H](c2ccc(Cl)cc2)N([C@H](CC)CN(c2ccccc2F)S(=O)(=O)C2CC2)C1=O. The normalized spacial score (nSPS) is 21.7. The number of anilines is 1. The summed E-state index contributed by atoms with van der Waals surface area (Å²) in [5.74, 6) is -0.933. The molecule has 3 aromatic carbocycles. The molecule has 1 amide bonds. The van der Waals surface area contributed by atoms with Crippen molar-refractivity contribution in [3.63, 3.8) is 0 Å². The quantitative estimate of drug-likeness (QED) is 0.206. The van der Waals surface area contributed by atoms with Gasteiger partial charge in [0.15, 0.2) is 0 Å². The van der Waals surface area contributed by atoms with Gasteiger partial charge >= 0.3 is 0 Å². The van der Waals surface area contributed by atoms with Crippen molar-refractivity contribution in [3.8, 4) is 0 Å². The molecule has 1 saturated carbocycles. The third-order valence-corrected chi connectivity index (χ3v) is 10.6. The number of para-hydroxylation sites is 1. The molecule has 5 rings (SSSR count). The van der Waals surface area contributed by atoms with Crippen molar-refractivity contribution in [2.24, 2.45) is 0 Å². The second-order valence-electron chi connectivity index (χ2n) is 10.7. The molecule has 2 fully saturated rings. The molecule has 1 saturated heterocycles. The second kappa shape index (κ2) is 12.8. The summed E-state index contributed by atoms with van der Waals surface area (Å²) in [5.41, 5.74) is 1.50. The van der Waals surface area contributed by atoms with Gasteiger partial charge in [0.05, 0.1) is 29.6 Å². The summed E-state index contributed by atoms with van der Waals surface area (Å²) in [6.07, 6.45) is 1.84. The van der Waals surface area contributed by atoms with Crippen LogP contribution < -0.4 is 4.31 Å². The first-order valence-corrected chi connectivity index (χ1v) is 16.3. The van der Waals surface area contributed by atoms with E-state index in [9.17, 15) is 13.2 Å². The van der Waals surface area contributed by atoms with Crippen LogP contribution in [0.2, 0.25) is 10.0 Å². The van der Waals surface area contributed by atoms with Crippen LogP contribution in [0.15, 0.2) is 85.5 Å². The monoisotopic (exact) mass is 630 g/mol. The van der Waals surface area contributed by atoms with Crippen molar-refractivity contribution in [2.45, 2.75) is 62.1 Å². The number of carbonyl (C=O) groups is 1. The molecule has 222 valence electrons. The molecular weight excluding hydrogens is 598 g/mol. The van der Waals surface area contributed by atoms with E-state index in [0.717, 1.165) is 15.4 Å². The summed E-state index contributed by atoms with van der Waals surface area (Å²) < 4.78 is 50.2. The summed E-state index contributed by atoms with van der Waals surface area (Å²) in [6.45, 7) is 5.60. The minimum atomic E-state index is -3.87. The summed E-state index contributed by atoms with van der Waals surface area (Å²) >= 11 is 12.6. The predicted molar refractivity (Wildman–Crippen MR) is 165 cm³/mol. The third kappa shape index (κ3) is 6.23. The third-order valence-electron chi connectivity index (χ3n) is 7.81. The summed E-state index contributed by atoms with van der Waals surface area (Å²) in [4.78, 5) is 16.0. The molecule has 3 aromatic rings. The Bertz CT molecular complexity index is 1550. The first-order chi connectivity index (χ1) is 20.1. The van der Waals surface area contributed by atoms with E-state index in [1.54, 1.807) is 41.3 Å². The number of nitrogens with zero attached hydrogens (tertiary/aromatic N) is 2. The minimum absolute atomic E-state index is 0.0272. The zero-order chi connectivity index (χ0) is 30.0. The van der Waals surface area contributed by atoms with Crippen molar-refractivity contribution < 1.29 is 22.3 Å². The first kappa shape index (κ1) is 30.5. The summed E-state index contributed by atoms with van der Waals surface area (Å²) in [7, 11) is -3.87. The lowest BCUT2D eigenvalue weighted by molar-refractivity contribution is -0.178. The molecule has 6 nitrogen and oxygen atoms in total. The zero-order valence-electron chi connectivity index (χ0n) is 23.2. The first-order valence-electron chi connectivity index (χ1n) is 14.0. The molecule has 2 aliphatic rings. The Morgan fingerprint density at radius 2 is 1.76 bits per heavy atom. The number of halogens is 3. The van der Waals surface area contributed by atoms with Gasteiger partial charge in [0.1, 0.15) is 18.0 Å². The van der Waals surface area contributed by atoms with Crippen LogP contribution in [0.25, 0.3) is 0 Å². The van der Waals surface area contributed by atoms with Crippen LogP contribution in [0, 0.1) is 5.82 Å². The molecule has 0 N–H and O–H groups in total. The Balaban J connectivity index is 1.65. The Morgan fingerprint density at radius 3 is 2.38 bits per heavy atom. The fourth-order valence-electron chi connectivity index (χ4n) is 5.56. The van der Waals surface area contributed by atoms with Crippen molar-refractivity contribution in [1.29, 1.82) is 0 Å². The van der Waals surface area contributed by atoms with E-state index < -0.39 is 45.4 Å². The molecule has 0 radical (unpaired) electrons. The van der Waals surface area contributed by atoms with Gasteiger partial charge in [-0.3, -0.25) is 9.10 Å². The van der Waals surface area contributed by atoms with Gasteiger partial charge in [-0.15, -0.1) is 6.58 Å². The number of rotatable bonds is 11. The van der Waals surface area contributed by atoms with E-state index >= 15 is 4.39 Å². The molecule has 10 heteroatoms. The van der Waals surface area contributed by atoms with E-state index in [4.69, 9.17) is 27.9 Å². The predicted octanol–water partition coefficient (Wildman–Crippen LogP) is 7.50. The maximum Gasteiger partial charge on any atom is 0.252 e. The maximum absolute atomic E-state index is 15.1. The average molecular weight is 632 g/mol. The van der Waals surface area contributed by atoms with Crippen LogP contribution in [0.5, 0.6) is 0 Å². The minimum Gasteiger partial charge on any atom is -0.358 e. The van der Waals surface area contributed by atoms with E-state index in [1.807, 2.05) is 31.2 Å². The lowest BCUT2D eigenvalue weighted by Crippen LogP contribution is -2.57. The van der Waals surface area contributed by atoms with Gasteiger partial charge in [-0.2, -0.15) is 0 Å². The molecular formula is C32H33Cl2FN2O4S. The molecule has 42 heavy (non-hydrogen) atoms. The number of amides is 1. The van der Waals surface area contributed by atoms with Gasteiger partial charge in [0.25, 0.3) is 5.91 Å². The van der Waals surface area contributed by atoms with Gasteiger partial charge < -0.3 is 9.64 Å². The molecule has 0 unspecified atom stereocenters. The number of carbonyl (C=O) groups excluding carboxylic acids is 1. The summed E-state index contributed by atoms with van der Waals surface area (Å²) in [6, 6.07) is 19.0. The number of hydrogen-bond donors (Lipinski definition) is 0. The molecule has 0 spiro atoms. The van der Waals surface area contributed by atoms with Gasteiger partial charge in [-0.05, 0) is 66.8 Å². The van der Waals surface area contributed by atoms with Crippen LogP contribution in [0.4, 0.5) is 10.1 Å². The number of ether oxygens (including phenoxy) is 1. The Kier molecular flexibility index (Phi) is 9.28. The van der Waals surface area contributed by atoms with Gasteiger partial charge in [0.2, 0.25) is 10.0 Å². The van der Waals surface area contributed by atoms with Crippen molar-refractivity contribution >= 4 is 44.8 Å². The van der Waals surface area contributed by atoms with Crippen LogP contribution >= 0.6 is 23.2 Å². The van der Waals surface area contributed by atoms with Gasteiger partial charge in [-0.25, -0.2) is 12.8 Å². The van der Waals surface area contributed by atoms with Crippen LogP contribution in [-0.4, -0.2) is 43.2 Å². The van der Waals surface area contributed by atoms with E-state index in [-0.39, 0.29) is 24.6 Å². The van der Waals surface area contributed by atoms with E-state index in [1.165, 1.54) is 18.2 Å². The smallest absolute Gasteiger partial charge is 0.252 e.